The van der Waals surface area contributed by atoms with Crippen molar-refractivity contribution in [1.82, 2.24) is 4.98 Å². The fraction of sp³-hybridized carbons (Fsp3) is 0.250. The molecule has 1 aromatic heterocycles. The Morgan fingerprint density at radius 1 is 1.30 bits per heavy atom. The largest absolute Gasteiger partial charge is 0.348 e. The lowest BCUT2D eigenvalue weighted by Crippen LogP contribution is -3.08. The molecule has 1 aromatic carbocycles. The summed E-state index contributed by atoms with van der Waals surface area (Å²) in [6, 6.07) is 12.4. The smallest absolute Gasteiger partial charge is 0.122 e. The number of hydrogen-bond acceptors (Lipinski definition) is 2. The van der Waals surface area contributed by atoms with Gasteiger partial charge in [0.2, 0.25) is 0 Å². The van der Waals surface area contributed by atoms with Gasteiger partial charge in [-0.25, -0.2) is 0 Å². The molecule has 0 aliphatic carbocycles. The first-order valence-electron chi connectivity index (χ1n) is 6.75. The molecule has 0 saturated carbocycles. The minimum atomic E-state index is 0.560. The van der Waals surface area contributed by atoms with Crippen LogP contribution in [-0.2, 0) is 13.0 Å². The number of hydrogen-bond donors (Lipinski definition) is 2. The van der Waals surface area contributed by atoms with Gasteiger partial charge in [-0.1, -0.05) is 42.5 Å². The number of fused-ring (bicyclic) bond motifs is 1. The highest BCUT2D eigenvalue weighted by atomic mass is 32.1. The van der Waals surface area contributed by atoms with Crippen LogP contribution in [0.15, 0.2) is 30.3 Å². The second kappa shape index (κ2) is 5.20. The van der Waals surface area contributed by atoms with Crippen LogP contribution in [0.4, 0.5) is 0 Å². The zero-order valence-corrected chi connectivity index (χ0v) is 12.2. The number of nitriles is 1. The minimum Gasteiger partial charge on any atom is -0.348 e. The molecule has 1 aliphatic heterocycles. The van der Waals surface area contributed by atoms with E-state index in [1.165, 1.54) is 16.2 Å². The lowest BCUT2D eigenvalue weighted by molar-refractivity contribution is -0.895. The maximum absolute atomic E-state index is 9.48. The Labute approximate surface area is 123 Å². The summed E-state index contributed by atoms with van der Waals surface area (Å²) in [6.07, 6.45) is 0.982. The molecule has 2 N–H and O–H groups in total. The summed E-state index contributed by atoms with van der Waals surface area (Å²) in [6.45, 7) is 2.03. The van der Waals surface area contributed by atoms with Crippen molar-refractivity contribution in [3.63, 3.8) is 0 Å². The molecule has 0 bridgehead atoms. The van der Waals surface area contributed by atoms with Crippen molar-refractivity contribution in [2.24, 2.45) is 0 Å². The number of nitrogens with zero attached hydrogens (tertiary/aromatic N) is 1. The second-order valence-corrected chi connectivity index (χ2v) is 5.68. The Balaban J connectivity index is 2.34. The Morgan fingerprint density at radius 2 is 2.05 bits per heavy atom. The molecule has 0 amide bonds. The van der Waals surface area contributed by atoms with Crippen LogP contribution in [0.3, 0.4) is 0 Å². The predicted octanol–water partition coefficient (Wildman–Crippen LogP) is 1.85. The normalized spacial score (nSPS) is 17.3. The maximum Gasteiger partial charge on any atom is 0.122 e. The zero-order valence-electron chi connectivity index (χ0n) is 11.4. The van der Waals surface area contributed by atoms with Gasteiger partial charge in [0.15, 0.2) is 0 Å². The fourth-order valence-corrected chi connectivity index (χ4v) is 3.13. The average Bonchev–Trinajstić information content (AvgIpc) is 2.47. The van der Waals surface area contributed by atoms with Gasteiger partial charge < -0.3 is 9.88 Å². The van der Waals surface area contributed by atoms with Crippen LogP contribution in [-0.4, -0.2) is 18.6 Å². The topological polar surface area (TPSA) is 44.0 Å². The molecule has 0 spiro atoms. The molecule has 2 heterocycles. The highest BCUT2D eigenvalue weighted by molar-refractivity contribution is 7.71. The summed E-state index contributed by atoms with van der Waals surface area (Å²) >= 11 is 5.37. The number of quaternary nitrogens is 1. The van der Waals surface area contributed by atoms with E-state index in [9.17, 15) is 5.26 Å². The number of likely N-dealkylation sites (N-methyl/N-ethyl adjacent to an activating group) is 1. The van der Waals surface area contributed by atoms with Gasteiger partial charge in [0.05, 0.1) is 19.2 Å². The minimum absolute atomic E-state index is 0.560. The number of benzene rings is 1. The molecule has 0 fully saturated rings. The number of nitrogens with one attached hydrogen (secondary N) is 2. The predicted molar refractivity (Wildman–Crippen MR) is 80.9 cm³/mol. The number of aromatic amines is 1. The van der Waals surface area contributed by atoms with Crippen LogP contribution >= 0.6 is 12.2 Å². The maximum atomic E-state index is 9.48. The number of aromatic nitrogens is 1. The van der Waals surface area contributed by atoms with Gasteiger partial charge in [0.1, 0.15) is 17.3 Å². The molecule has 20 heavy (non-hydrogen) atoms. The molecule has 3 nitrogen and oxygen atoms in total. The Morgan fingerprint density at radius 3 is 2.75 bits per heavy atom. The number of pyridine rings is 1. The fourth-order valence-electron chi connectivity index (χ4n) is 2.86. The van der Waals surface area contributed by atoms with Gasteiger partial charge in [-0.15, -0.1) is 0 Å². The standard InChI is InChI=1S/C16H15N3S/c1-19-8-7-14-13(10-19)15(11-5-3-2-4-6-11)12(9-17)16(20)18-14/h2-6H,7-8,10H2,1H3,(H,18,20)/p+1. The molecule has 2 aromatic rings. The highest BCUT2D eigenvalue weighted by Crippen LogP contribution is 2.30. The summed E-state index contributed by atoms with van der Waals surface area (Å²) in [7, 11) is 2.19. The van der Waals surface area contributed by atoms with E-state index >= 15 is 0 Å². The van der Waals surface area contributed by atoms with Crippen LogP contribution in [0.1, 0.15) is 16.8 Å². The van der Waals surface area contributed by atoms with E-state index in [1.807, 2.05) is 18.2 Å². The van der Waals surface area contributed by atoms with Crippen molar-refractivity contribution in [2.75, 3.05) is 13.6 Å². The van der Waals surface area contributed by atoms with Crippen molar-refractivity contribution >= 4 is 12.2 Å². The van der Waals surface area contributed by atoms with Crippen LogP contribution in [0, 0.1) is 16.0 Å². The molecule has 3 rings (SSSR count). The summed E-state index contributed by atoms with van der Waals surface area (Å²) in [4.78, 5) is 4.72. The Kier molecular flexibility index (Phi) is 3.39. The lowest BCUT2D eigenvalue weighted by Gasteiger charge is -2.25. The quantitative estimate of drug-likeness (QED) is 0.784. The molecular formula is C16H16N3S+. The van der Waals surface area contributed by atoms with Crippen molar-refractivity contribution in [3.05, 3.63) is 51.8 Å². The molecular weight excluding hydrogens is 266 g/mol. The first-order chi connectivity index (χ1) is 9.70. The van der Waals surface area contributed by atoms with Gasteiger partial charge >= 0.3 is 0 Å². The zero-order chi connectivity index (χ0) is 14.1. The van der Waals surface area contributed by atoms with E-state index in [-0.39, 0.29) is 0 Å². The van der Waals surface area contributed by atoms with Gasteiger partial charge in [-0.05, 0) is 5.56 Å². The van der Waals surface area contributed by atoms with Crippen molar-refractivity contribution < 1.29 is 4.90 Å². The first kappa shape index (κ1) is 13.0. The van der Waals surface area contributed by atoms with Crippen LogP contribution in [0.25, 0.3) is 11.1 Å². The van der Waals surface area contributed by atoms with Crippen molar-refractivity contribution in [1.29, 1.82) is 5.26 Å². The Hall–Kier alpha value is -1.96. The summed E-state index contributed by atoms with van der Waals surface area (Å²) in [5.41, 5.74) is 5.13. The third kappa shape index (κ3) is 2.15. The van der Waals surface area contributed by atoms with Crippen LogP contribution in [0.5, 0.6) is 0 Å². The van der Waals surface area contributed by atoms with Gasteiger partial charge in [-0.2, -0.15) is 5.26 Å². The van der Waals surface area contributed by atoms with E-state index < -0.39 is 0 Å². The second-order valence-electron chi connectivity index (χ2n) is 5.27. The van der Waals surface area contributed by atoms with E-state index in [4.69, 9.17) is 12.2 Å². The first-order valence-corrected chi connectivity index (χ1v) is 7.16. The van der Waals surface area contributed by atoms with Gasteiger partial charge in [-0.3, -0.25) is 0 Å². The molecule has 1 aliphatic rings. The molecule has 0 radical (unpaired) electrons. The molecule has 1 unspecified atom stereocenters. The van der Waals surface area contributed by atoms with E-state index in [2.05, 4.69) is 30.2 Å². The van der Waals surface area contributed by atoms with E-state index in [0.717, 1.165) is 30.6 Å². The van der Waals surface area contributed by atoms with Gasteiger partial charge in [0, 0.05) is 23.2 Å². The molecule has 0 saturated heterocycles. The summed E-state index contributed by atoms with van der Waals surface area (Å²) < 4.78 is 0.560. The van der Waals surface area contributed by atoms with Crippen molar-refractivity contribution in [2.45, 2.75) is 13.0 Å². The van der Waals surface area contributed by atoms with Gasteiger partial charge in [0.25, 0.3) is 0 Å². The van der Waals surface area contributed by atoms with Crippen LogP contribution < -0.4 is 4.90 Å². The highest BCUT2D eigenvalue weighted by Gasteiger charge is 2.24. The average molecular weight is 282 g/mol. The molecule has 1 atom stereocenters. The third-order valence-electron chi connectivity index (χ3n) is 3.86. The summed E-state index contributed by atoms with van der Waals surface area (Å²) in [5.74, 6) is 0. The SMILES string of the molecule is C[NH+]1CCc2[nH]c(=S)c(C#N)c(-c3ccccc3)c2C1. The summed E-state index contributed by atoms with van der Waals surface area (Å²) in [5, 5.41) is 9.48. The molecule has 4 heteroatoms. The number of rotatable bonds is 1. The van der Waals surface area contributed by atoms with Crippen molar-refractivity contribution in [3.8, 4) is 17.2 Å². The Bertz CT molecular complexity index is 741. The van der Waals surface area contributed by atoms with E-state index in [1.54, 1.807) is 0 Å². The molecule has 100 valence electrons. The lowest BCUT2D eigenvalue weighted by atomic mass is 9.92. The van der Waals surface area contributed by atoms with Crippen LogP contribution in [0.2, 0.25) is 0 Å². The third-order valence-corrected chi connectivity index (χ3v) is 4.17. The number of H-pyrrole nitrogens is 1. The van der Waals surface area contributed by atoms with E-state index in [0.29, 0.717) is 10.2 Å². The monoisotopic (exact) mass is 282 g/mol.